The lowest BCUT2D eigenvalue weighted by Crippen LogP contribution is -2.24. The van der Waals surface area contributed by atoms with Crippen molar-refractivity contribution in [2.45, 2.75) is 24.9 Å². The van der Waals surface area contributed by atoms with Gasteiger partial charge in [0, 0.05) is 12.0 Å². The minimum atomic E-state index is -0.773. The zero-order valence-corrected chi connectivity index (χ0v) is 14.1. The summed E-state index contributed by atoms with van der Waals surface area (Å²) in [6.07, 6.45) is -0.281. The van der Waals surface area contributed by atoms with Gasteiger partial charge in [0.1, 0.15) is 30.2 Å². The minimum Gasteiger partial charge on any atom is -0.497 e. The molecule has 4 rings (SSSR count). The number of imidazole rings is 1. The van der Waals surface area contributed by atoms with Crippen molar-refractivity contribution >= 4 is 17.0 Å². The van der Waals surface area contributed by atoms with Crippen LogP contribution in [0.1, 0.15) is 12.6 Å². The van der Waals surface area contributed by atoms with Gasteiger partial charge >= 0.3 is 0 Å². The summed E-state index contributed by atoms with van der Waals surface area (Å²) >= 11 is 0. The van der Waals surface area contributed by atoms with Gasteiger partial charge in [0.2, 0.25) is 0 Å². The summed E-state index contributed by atoms with van der Waals surface area (Å²) in [5.41, 5.74) is 7.75. The van der Waals surface area contributed by atoms with E-state index < -0.39 is 18.4 Å². The van der Waals surface area contributed by atoms with E-state index >= 15 is 0 Å². The highest BCUT2D eigenvalue weighted by Gasteiger charge is 2.37. The Bertz CT molecular complexity index is 927. The van der Waals surface area contributed by atoms with Gasteiger partial charge in [-0.25, -0.2) is 15.0 Å². The first-order valence-corrected chi connectivity index (χ1v) is 8.19. The number of aliphatic hydroxyl groups excluding tert-OH is 2. The van der Waals surface area contributed by atoms with Gasteiger partial charge in [-0.05, 0) is 24.3 Å². The highest BCUT2D eigenvalue weighted by Crippen LogP contribution is 2.36. The molecule has 9 nitrogen and oxygen atoms in total. The number of benzene rings is 1. The Kier molecular flexibility index (Phi) is 4.19. The van der Waals surface area contributed by atoms with E-state index in [0.29, 0.717) is 23.4 Å². The fourth-order valence-electron chi connectivity index (χ4n) is 3.18. The third-order valence-corrected chi connectivity index (χ3v) is 4.53. The second-order valence-corrected chi connectivity index (χ2v) is 6.08. The van der Waals surface area contributed by atoms with E-state index in [4.69, 9.17) is 15.2 Å². The fraction of sp³-hybridized carbons (Fsp3) is 0.353. The predicted octanol–water partition coefficient (Wildman–Crippen LogP) is 0.725. The topological polar surface area (TPSA) is 129 Å². The molecule has 9 heteroatoms. The standard InChI is InChI=1S/C17H19N5O4/c1-25-10-4-2-9(3-5-10)16-21-14-15(18)19-8-20-17(14)22(16)13-6-11(24)12(7-23)26-13/h2-5,8,11-13,23-24H,6-7H2,1H3,(H2,18,19,20)/t11-,12+,13+/m0/s1. The first kappa shape index (κ1) is 16.7. The molecule has 1 aromatic carbocycles. The summed E-state index contributed by atoms with van der Waals surface area (Å²) in [7, 11) is 1.60. The van der Waals surface area contributed by atoms with Crippen molar-refractivity contribution in [1.29, 1.82) is 0 Å². The number of nitrogens with zero attached hydrogens (tertiary/aromatic N) is 4. The molecule has 0 aliphatic carbocycles. The number of nitrogens with two attached hydrogens (primary N) is 1. The Labute approximate surface area is 149 Å². The molecular weight excluding hydrogens is 338 g/mol. The summed E-state index contributed by atoms with van der Waals surface area (Å²) in [6.45, 7) is -0.265. The van der Waals surface area contributed by atoms with Crippen molar-refractivity contribution in [2.75, 3.05) is 19.5 Å². The molecular formula is C17H19N5O4. The summed E-state index contributed by atoms with van der Waals surface area (Å²) in [5.74, 6) is 1.58. The Morgan fingerprint density at radius 1 is 1.31 bits per heavy atom. The van der Waals surface area contributed by atoms with Crippen LogP contribution in [0.2, 0.25) is 0 Å². The van der Waals surface area contributed by atoms with E-state index in [9.17, 15) is 10.2 Å². The monoisotopic (exact) mass is 357 g/mol. The number of aliphatic hydroxyl groups is 2. The van der Waals surface area contributed by atoms with Crippen LogP contribution in [0.15, 0.2) is 30.6 Å². The van der Waals surface area contributed by atoms with Gasteiger partial charge in [-0.2, -0.15) is 0 Å². The zero-order chi connectivity index (χ0) is 18.3. The quantitative estimate of drug-likeness (QED) is 0.623. The summed E-state index contributed by atoms with van der Waals surface area (Å²) < 4.78 is 12.8. The van der Waals surface area contributed by atoms with E-state index in [1.54, 1.807) is 11.7 Å². The molecule has 3 aromatic rings. The second-order valence-electron chi connectivity index (χ2n) is 6.08. The number of hydrogen-bond acceptors (Lipinski definition) is 8. The third kappa shape index (κ3) is 2.66. The highest BCUT2D eigenvalue weighted by atomic mass is 16.5. The molecule has 1 aliphatic heterocycles. The Morgan fingerprint density at radius 2 is 2.08 bits per heavy atom. The van der Waals surface area contributed by atoms with Gasteiger partial charge in [-0.15, -0.1) is 0 Å². The molecule has 0 bridgehead atoms. The minimum absolute atomic E-state index is 0.265. The molecule has 0 spiro atoms. The van der Waals surface area contributed by atoms with E-state index in [0.717, 1.165) is 11.3 Å². The second kappa shape index (κ2) is 6.52. The number of ether oxygens (including phenoxy) is 2. The molecule has 1 fully saturated rings. The van der Waals surface area contributed by atoms with Crippen LogP contribution in [-0.2, 0) is 4.74 Å². The number of hydrogen-bond donors (Lipinski definition) is 3. The van der Waals surface area contributed by atoms with Crippen LogP contribution < -0.4 is 10.5 Å². The van der Waals surface area contributed by atoms with Gasteiger partial charge in [0.05, 0.1) is 19.8 Å². The first-order valence-electron chi connectivity index (χ1n) is 8.19. The van der Waals surface area contributed by atoms with Crippen LogP contribution in [0, 0.1) is 0 Å². The number of anilines is 1. The van der Waals surface area contributed by atoms with Gasteiger partial charge < -0.3 is 25.4 Å². The van der Waals surface area contributed by atoms with Crippen LogP contribution in [0.3, 0.4) is 0 Å². The fourth-order valence-corrected chi connectivity index (χ4v) is 3.18. The number of nitrogen functional groups attached to an aromatic ring is 1. The Hall–Kier alpha value is -2.75. The SMILES string of the molecule is COc1ccc(-c2nc3c(N)ncnc3n2[C@H]2C[C@H](O)[C@@H](CO)O2)cc1. The van der Waals surface area contributed by atoms with Crippen LogP contribution in [-0.4, -0.2) is 55.7 Å². The van der Waals surface area contributed by atoms with E-state index in [1.807, 2.05) is 24.3 Å². The zero-order valence-electron chi connectivity index (χ0n) is 14.1. The molecule has 3 heterocycles. The highest BCUT2D eigenvalue weighted by molar-refractivity contribution is 5.85. The first-order chi connectivity index (χ1) is 12.6. The molecule has 2 aromatic heterocycles. The van der Waals surface area contributed by atoms with Gasteiger partial charge in [0.25, 0.3) is 0 Å². The average Bonchev–Trinajstić information content (AvgIpc) is 3.23. The van der Waals surface area contributed by atoms with E-state index in [2.05, 4.69) is 15.0 Å². The summed E-state index contributed by atoms with van der Waals surface area (Å²) in [6, 6.07) is 7.40. The molecule has 0 saturated carbocycles. The number of aromatic nitrogens is 4. The smallest absolute Gasteiger partial charge is 0.168 e. The Morgan fingerprint density at radius 3 is 2.73 bits per heavy atom. The van der Waals surface area contributed by atoms with Gasteiger partial charge in [-0.1, -0.05) is 0 Å². The lowest BCUT2D eigenvalue weighted by Gasteiger charge is -2.17. The maximum Gasteiger partial charge on any atom is 0.168 e. The van der Waals surface area contributed by atoms with Crippen molar-refractivity contribution in [3.8, 4) is 17.1 Å². The van der Waals surface area contributed by atoms with Crippen molar-refractivity contribution in [3.63, 3.8) is 0 Å². The van der Waals surface area contributed by atoms with Gasteiger partial charge in [0.15, 0.2) is 17.0 Å². The lowest BCUT2D eigenvalue weighted by atomic mass is 10.1. The Balaban J connectivity index is 1.87. The van der Waals surface area contributed by atoms with Crippen LogP contribution in [0.4, 0.5) is 5.82 Å². The normalized spacial score (nSPS) is 22.8. The molecule has 26 heavy (non-hydrogen) atoms. The van der Waals surface area contributed by atoms with Crippen molar-refractivity contribution in [3.05, 3.63) is 30.6 Å². The summed E-state index contributed by atoms with van der Waals surface area (Å²) in [5, 5.41) is 19.5. The maximum absolute atomic E-state index is 10.1. The van der Waals surface area contributed by atoms with Crippen molar-refractivity contribution < 1.29 is 19.7 Å². The molecule has 0 amide bonds. The van der Waals surface area contributed by atoms with E-state index in [-0.39, 0.29) is 12.4 Å². The van der Waals surface area contributed by atoms with Gasteiger partial charge in [-0.3, -0.25) is 4.57 Å². The molecule has 136 valence electrons. The van der Waals surface area contributed by atoms with Crippen molar-refractivity contribution in [1.82, 2.24) is 19.5 Å². The molecule has 4 N–H and O–H groups in total. The summed E-state index contributed by atoms with van der Waals surface area (Å²) in [4.78, 5) is 12.9. The molecule has 3 atom stereocenters. The molecule has 1 saturated heterocycles. The molecule has 1 aliphatic rings. The molecule has 0 radical (unpaired) electrons. The number of fused-ring (bicyclic) bond motifs is 1. The largest absolute Gasteiger partial charge is 0.497 e. The van der Waals surface area contributed by atoms with Crippen LogP contribution in [0.25, 0.3) is 22.6 Å². The number of rotatable bonds is 4. The predicted molar refractivity (Wildman–Crippen MR) is 93.3 cm³/mol. The number of methoxy groups -OCH3 is 1. The van der Waals surface area contributed by atoms with Crippen LogP contribution in [0.5, 0.6) is 5.75 Å². The van der Waals surface area contributed by atoms with Crippen LogP contribution >= 0.6 is 0 Å². The maximum atomic E-state index is 10.1. The molecule has 0 unspecified atom stereocenters. The van der Waals surface area contributed by atoms with E-state index in [1.165, 1.54) is 6.33 Å². The van der Waals surface area contributed by atoms with Crippen molar-refractivity contribution in [2.24, 2.45) is 0 Å². The average molecular weight is 357 g/mol. The third-order valence-electron chi connectivity index (χ3n) is 4.53. The lowest BCUT2D eigenvalue weighted by molar-refractivity contribution is -0.0426.